The number of hydrazine groups is 1. The van der Waals surface area contributed by atoms with Gasteiger partial charge in [0.2, 0.25) is 5.88 Å². The highest BCUT2D eigenvalue weighted by Gasteiger charge is 2.31. The zero-order valence-electron chi connectivity index (χ0n) is 7.21. The lowest BCUT2D eigenvalue weighted by Gasteiger charge is -2.08. The smallest absolute Gasteiger partial charge is 0.388 e. The molecule has 5 nitrogen and oxygen atoms in total. The summed E-state index contributed by atoms with van der Waals surface area (Å²) in [5.41, 5.74) is 1.47. The molecule has 1 rings (SSSR count). The van der Waals surface area contributed by atoms with Crippen molar-refractivity contribution in [2.45, 2.75) is 6.36 Å². The molecule has 0 radical (unpaired) electrons. The molecule has 0 aromatic carbocycles. The molecule has 0 atom stereocenters. The van der Waals surface area contributed by atoms with E-state index in [9.17, 15) is 18.0 Å². The number of alkyl halides is 3. The first-order valence-electron chi connectivity index (χ1n) is 3.66. The fraction of sp³-hybridized carbons (Fsp3) is 0.143. The summed E-state index contributed by atoms with van der Waals surface area (Å²) in [6.45, 7) is 0. The molecule has 15 heavy (non-hydrogen) atoms. The fourth-order valence-electron chi connectivity index (χ4n) is 0.791. The van der Waals surface area contributed by atoms with E-state index in [1.165, 1.54) is 12.1 Å². The number of hydrogen-bond donors (Lipinski definition) is 2. The number of nitrogens with two attached hydrogens (primary N) is 1. The first-order valence-corrected chi connectivity index (χ1v) is 3.66. The van der Waals surface area contributed by atoms with Crippen molar-refractivity contribution in [2.75, 3.05) is 0 Å². The Morgan fingerprint density at radius 1 is 1.47 bits per heavy atom. The fourth-order valence-corrected chi connectivity index (χ4v) is 0.791. The SMILES string of the molecule is NNC(=O)c1cccc(OC(F)(F)F)n1. The first kappa shape index (κ1) is 11.2. The number of amides is 1. The second-order valence-electron chi connectivity index (χ2n) is 2.38. The Bertz CT molecular complexity index is 367. The second kappa shape index (κ2) is 4.13. The Hall–Kier alpha value is -1.83. The molecule has 0 bridgehead atoms. The van der Waals surface area contributed by atoms with Crippen LogP contribution < -0.4 is 16.0 Å². The minimum Gasteiger partial charge on any atom is -0.388 e. The minimum absolute atomic E-state index is 0.265. The molecule has 1 aromatic heterocycles. The largest absolute Gasteiger partial charge is 0.574 e. The van der Waals surface area contributed by atoms with Crippen LogP contribution in [0.5, 0.6) is 5.88 Å². The maximum Gasteiger partial charge on any atom is 0.574 e. The Morgan fingerprint density at radius 2 is 2.13 bits per heavy atom. The molecule has 0 aliphatic rings. The van der Waals surface area contributed by atoms with Gasteiger partial charge >= 0.3 is 6.36 Å². The summed E-state index contributed by atoms with van der Waals surface area (Å²) in [5.74, 6) is 3.26. The predicted octanol–water partition coefficient (Wildman–Crippen LogP) is 0.584. The van der Waals surface area contributed by atoms with Gasteiger partial charge in [-0.15, -0.1) is 13.2 Å². The van der Waals surface area contributed by atoms with E-state index in [1.807, 2.05) is 0 Å². The summed E-state index contributed by atoms with van der Waals surface area (Å²) in [5, 5.41) is 0. The molecule has 0 spiro atoms. The van der Waals surface area contributed by atoms with Crippen molar-refractivity contribution in [3.63, 3.8) is 0 Å². The predicted molar refractivity (Wildman–Crippen MR) is 42.6 cm³/mol. The number of carbonyl (C=O) groups is 1. The number of rotatable bonds is 2. The van der Waals surface area contributed by atoms with Gasteiger partial charge in [-0.2, -0.15) is 0 Å². The number of nitrogen functional groups attached to an aromatic ring is 1. The summed E-state index contributed by atoms with van der Waals surface area (Å²) >= 11 is 0. The summed E-state index contributed by atoms with van der Waals surface area (Å²) < 4.78 is 38.8. The minimum atomic E-state index is -4.84. The Labute approximate surface area is 82.0 Å². The molecule has 82 valence electrons. The Balaban J connectivity index is 2.88. The molecule has 0 saturated carbocycles. The van der Waals surface area contributed by atoms with E-state index in [2.05, 4.69) is 9.72 Å². The van der Waals surface area contributed by atoms with Crippen LogP contribution in [0.15, 0.2) is 18.2 Å². The van der Waals surface area contributed by atoms with Crippen LogP contribution in [0, 0.1) is 0 Å². The van der Waals surface area contributed by atoms with Crippen LogP contribution in [0.4, 0.5) is 13.2 Å². The molecule has 0 fully saturated rings. The first-order chi connectivity index (χ1) is 6.92. The number of carbonyl (C=O) groups excluding carboxylic acids is 1. The average molecular weight is 221 g/mol. The topological polar surface area (TPSA) is 77.2 Å². The van der Waals surface area contributed by atoms with Gasteiger partial charge in [-0.3, -0.25) is 10.2 Å². The molecule has 1 heterocycles. The van der Waals surface area contributed by atoms with Crippen LogP contribution in [-0.2, 0) is 0 Å². The van der Waals surface area contributed by atoms with Gasteiger partial charge in [-0.1, -0.05) is 6.07 Å². The molecule has 0 unspecified atom stereocenters. The lowest BCUT2D eigenvalue weighted by Crippen LogP contribution is -2.30. The van der Waals surface area contributed by atoms with E-state index in [0.717, 1.165) is 6.07 Å². The number of ether oxygens (including phenoxy) is 1. The van der Waals surface area contributed by atoms with Crippen LogP contribution >= 0.6 is 0 Å². The lowest BCUT2D eigenvalue weighted by atomic mass is 10.3. The van der Waals surface area contributed by atoms with Crippen LogP contribution in [0.25, 0.3) is 0 Å². The standard InChI is InChI=1S/C7H6F3N3O2/c8-7(9,10)15-5-3-1-2-4(12-5)6(14)13-11/h1-3H,11H2,(H,13,14). The second-order valence-corrected chi connectivity index (χ2v) is 2.38. The zero-order chi connectivity index (χ0) is 11.5. The van der Waals surface area contributed by atoms with Crippen LogP contribution in [-0.4, -0.2) is 17.3 Å². The van der Waals surface area contributed by atoms with E-state index in [4.69, 9.17) is 5.84 Å². The number of nitrogens with one attached hydrogen (secondary N) is 1. The van der Waals surface area contributed by atoms with E-state index in [0.29, 0.717) is 0 Å². The average Bonchev–Trinajstić information content (AvgIpc) is 2.14. The van der Waals surface area contributed by atoms with Crippen LogP contribution in [0.3, 0.4) is 0 Å². The lowest BCUT2D eigenvalue weighted by molar-refractivity contribution is -0.276. The molecular formula is C7H6F3N3O2. The number of pyridine rings is 1. The Morgan fingerprint density at radius 3 is 2.67 bits per heavy atom. The summed E-state index contributed by atoms with van der Waals surface area (Å²) in [4.78, 5) is 14.2. The van der Waals surface area contributed by atoms with Crippen molar-refractivity contribution in [1.29, 1.82) is 0 Å². The van der Waals surface area contributed by atoms with E-state index in [-0.39, 0.29) is 5.69 Å². The van der Waals surface area contributed by atoms with Gasteiger partial charge in [-0.05, 0) is 6.07 Å². The quantitative estimate of drug-likeness (QED) is 0.435. The molecule has 1 aromatic rings. The maximum absolute atomic E-state index is 11.8. The third-order valence-electron chi connectivity index (χ3n) is 1.31. The van der Waals surface area contributed by atoms with E-state index in [1.54, 1.807) is 5.43 Å². The third kappa shape index (κ3) is 3.43. The number of aromatic nitrogens is 1. The Kier molecular flexibility index (Phi) is 3.10. The van der Waals surface area contributed by atoms with Crippen molar-refractivity contribution in [3.8, 4) is 5.88 Å². The molecule has 0 aliphatic carbocycles. The van der Waals surface area contributed by atoms with E-state index >= 15 is 0 Å². The van der Waals surface area contributed by atoms with E-state index < -0.39 is 18.1 Å². The van der Waals surface area contributed by atoms with Crippen molar-refractivity contribution in [3.05, 3.63) is 23.9 Å². The van der Waals surface area contributed by atoms with Gasteiger partial charge in [-0.25, -0.2) is 10.8 Å². The number of nitrogens with zero attached hydrogens (tertiary/aromatic N) is 1. The number of hydrogen-bond acceptors (Lipinski definition) is 4. The van der Waals surface area contributed by atoms with Gasteiger partial charge in [0.15, 0.2) is 0 Å². The molecule has 3 N–H and O–H groups in total. The number of halogens is 3. The highest BCUT2D eigenvalue weighted by molar-refractivity contribution is 5.91. The van der Waals surface area contributed by atoms with Gasteiger partial charge in [0.05, 0.1) is 0 Å². The van der Waals surface area contributed by atoms with Gasteiger partial charge in [0.1, 0.15) is 5.69 Å². The van der Waals surface area contributed by atoms with Crippen LogP contribution in [0.2, 0.25) is 0 Å². The molecule has 0 aliphatic heterocycles. The highest BCUT2D eigenvalue weighted by Crippen LogP contribution is 2.20. The molecule has 8 heteroatoms. The summed E-state index contributed by atoms with van der Waals surface area (Å²) in [6, 6.07) is 3.37. The molecule has 1 amide bonds. The maximum atomic E-state index is 11.8. The summed E-state index contributed by atoms with van der Waals surface area (Å²) in [6.07, 6.45) is -4.84. The van der Waals surface area contributed by atoms with Crippen molar-refractivity contribution < 1.29 is 22.7 Å². The van der Waals surface area contributed by atoms with Crippen molar-refractivity contribution in [2.24, 2.45) is 5.84 Å². The van der Waals surface area contributed by atoms with Gasteiger partial charge in [0, 0.05) is 6.07 Å². The summed E-state index contributed by atoms with van der Waals surface area (Å²) in [7, 11) is 0. The zero-order valence-corrected chi connectivity index (χ0v) is 7.21. The van der Waals surface area contributed by atoms with Gasteiger partial charge in [0.25, 0.3) is 5.91 Å². The van der Waals surface area contributed by atoms with Crippen LogP contribution in [0.1, 0.15) is 10.5 Å². The monoisotopic (exact) mass is 221 g/mol. The third-order valence-corrected chi connectivity index (χ3v) is 1.31. The molecule has 0 saturated heterocycles. The normalized spacial score (nSPS) is 10.9. The van der Waals surface area contributed by atoms with Crippen molar-refractivity contribution >= 4 is 5.91 Å². The van der Waals surface area contributed by atoms with Crippen molar-refractivity contribution in [1.82, 2.24) is 10.4 Å². The van der Waals surface area contributed by atoms with Gasteiger partial charge < -0.3 is 4.74 Å². The highest BCUT2D eigenvalue weighted by atomic mass is 19.4. The molecular weight excluding hydrogens is 215 g/mol.